The summed E-state index contributed by atoms with van der Waals surface area (Å²) in [4.78, 5) is 23.2. The molecular formula is C13H23NO2. The molecule has 1 aliphatic heterocycles. The minimum Gasteiger partial charge on any atom is -0.296 e. The molecule has 0 radical (unpaired) electrons. The van der Waals surface area contributed by atoms with Gasteiger partial charge in [-0.15, -0.1) is 0 Å². The molecule has 0 bridgehead atoms. The standard InChI is InChI=1S/C13H23NO2/c1-4-6-7-8-13(3)9-11(15)14-12(16)10(13)5-2/h10H,4-9H2,1-3H3,(H,14,15,16). The highest BCUT2D eigenvalue weighted by Gasteiger charge is 2.43. The van der Waals surface area contributed by atoms with Crippen LogP contribution in [0.25, 0.3) is 0 Å². The first-order valence-corrected chi connectivity index (χ1v) is 6.37. The summed E-state index contributed by atoms with van der Waals surface area (Å²) in [6.45, 7) is 6.28. The highest BCUT2D eigenvalue weighted by atomic mass is 16.2. The van der Waals surface area contributed by atoms with Crippen LogP contribution in [-0.4, -0.2) is 11.8 Å². The van der Waals surface area contributed by atoms with Crippen LogP contribution in [-0.2, 0) is 9.59 Å². The lowest BCUT2D eigenvalue weighted by molar-refractivity contribution is -0.143. The second-order valence-corrected chi connectivity index (χ2v) is 5.16. The van der Waals surface area contributed by atoms with Crippen molar-refractivity contribution in [1.82, 2.24) is 5.32 Å². The maximum Gasteiger partial charge on any atom is 0.230 e. The monoisotopic (exact) mass is 225 g/mol. The summed E-state index contributed by atoms with van der Waals surface area (Å²) in [5.41, 5.74) is -0.122. The predicted molar refractivity (Wildman–Crippen MR) is 63.8 cm³/mol. The van der Waals surface area contributed by atoms with Crippen LogP contribution in [0.1, 0.15) is 59.3 Å². The fourth-order valence-corrected chi connectivity index (χ4v) is 2.79. The number of hydrogen-bond donors (Lipinski definition) is 1. The second kappa shape index (κ2) is 5.46. The van der Waals surface area contributed by atoms with Crippen molar-refractivity contribution in [2.24, 2.45) is 11.3 Å². The molecule has 2 atom stereocenters. The van der Waals surface area contributed by atoms with Crippen LogP contribution in [0.15, 0.2) is 0 Å². The van der Waals surface area contributed by atoms with Gasteiger partial charge in [0, 0.05) is 12.3 Å². The summed E-state index contributed by atoms with van der Waals surface area (Å²) < 4.78 is 0. The molecule has 0 saturated carbocycles. The summed E-state index contributed by atoms with van der Waals surface area (Å²) in [5, 5.41) is 2.45. The van der Waals surface area contributed by atoms with E-state index in [2.05, 4.69) is 19.2 Å². The van der Waals surface area contributed by atoms with Gasteiger partial charge in [-0.1, -0.05) is 40.0 Å². The highest BCUT2D eigenvalue weighted by Crippen LogP contribution is 2.41. The van der Waals surface area contributed by atoms with Gasteiger partial charge >= 0.3 is 0 Å². The third kappa shape index (κ3) is 2.83. The van der Waals surface area contributed by atoms with Gasteiger partial charge in [0.15, 0.2) is 0 Å². The Bertz CT molecular complexity index is 275. The average molecular weight is 225 g/mol. The Morgan fingerprint density at radius 1 is 1.31 bits per heavy atom. The zero-order chi connectivity index (χ0) is 12.2. The van der Waals surface area contributed by atoms with Crippen LogP contribution in [0.5, 0.6) is 0 Å². The molecule has 0 aromatic carbocycles. The van der Waals surface area contributed by atoms with Gasteiger partial charge in [0.05, 0.1) is 0 Å². The van der Waals surface area contributed by atoms with Crippen molar-refractivity contribution < 1.29 is 9.59 Å². The van der Waals surface area contributed by atoms with E-state index in [1.807, 2.05) is 6.92 Å². The number of rotatable bonds is 5. The molecule has 1 aliphatic rings. The van der Waals surface area contributed by atoms with Crippen molar-refractivity contribution >= 4 is 11.8 Å². The highest BCUT2D eigenvalue weighted by molar-refractivity contribution is 5.99. The van der Waals surface area contributed by atoms with Crippen LogP contribution >= 0.6 is 0 Å². The second-order valence-electron chi connectivity index (χ2n) is 5.16. The molecule has 1 fully saturated rings. The Kier molecular flexibility index (Phi) is 4.51. The number of carbonyl (C=O) groups is 2. The maximum atomic E-state index is 11.8. The third-order valence-electron chi connectivity index (χ3n) is 3.74. The fourth-order valence-electron chi connectivity index (χ4n) is 2.79. The molecule has 0 aromatic rings. The quantitative estimate of drug-likeness (QED) is 0.577. The lowest BCUT2D eigenvalue weighted by Gasteiger charge is -2.39. The molecule has 2 unspecified atom stereocenters. The fraction of sp³-hybridized carbons (Fsp3) is 0.846. The number of carbonyl (C=O) groups excluding carboxylic acids is 2. The summed E-state index contributed by atoms with van der Waals surface area (Å²) in [7, 11) is 0. The first kappa shape index (κ1) is 13.2. The van der Waals surface area contributed by atoms with Crippen molar-refractivity contribution in [1.29, 1.82) is 0 Å². The topological polar surface area (TPSA) is 46.2 Å². The molecule has 3 nitrogen and oxygen atoms in total. The number of unbranched alkanes of at least 4 members (excludes halogenated alkanes) is 2. The molecule has 2 amide bonds. The minimum absolute atomic E-state index is 0.00190. The number of nitrogens with one attached hydrogen (secondary N) is 1. The van der Waals surface area contributed by atoms with Gasteiger partial charge in [-0.05, 0) is 18.3 Å². The van der Waals surface area contributed by atoms with Crippen LogP contribution in [0.3, 0.4) is 0 Å². The van der Waals surface area contributed by atoms with Crippen LogP contribution in [0.2, 0.25) is 0 Å². The Balaban J connectivity index is 2.70. The Morgan fingerprint density at radius 2 is 2.00 bits per heavy atom. The van der Waals surface area contributed by atoms with Crippen LogP contribution in [0, 0.1) is 11.3 Å². The maximum absolute atomic E-state index is 11.8. The molecule has 92 valence electrons. The smallest absolute Gasteiger partial charge is 0.230 e. The van der Waals surface area contributed by atoms with Crippen molar-refractivity contribution in [3.05, 3.63) is 0 Å². The Labute approximate surface area is 98.0 Å². The van der Waals surface area contributed by atoms with Crippen molar-refractivity contribution in [3.63, 3.8) is 0 Å². The van der Waals surface area contributed by atoms with E-state index in [0.717, 1.165) is 19.3 Å². The predicted octanol–water partition coefficient (Wildman–Crippen LogP) is 2.65. The Hall–Kier alpha value is -0.860. The van der Waals surface area contributed by atoms with E-state index < -0.39 is 0 Å². The van der Waals surface area contributed by atoms with E-state index in [-0.39, 0.29) is 23.1 Å². The van der Waals surface area contributed by atoms with E-state index in [0.29, 0.717) is 6.42 Å². The number of piperidine rings is 1. The molecule has 1 rings (SSSR count). The lowest BCUT2D eigenvalue weighted by Crippen LogP contribution is -2.50. The first-order valence-electron chi connectivity index (χ1n) is 6.37. The van der Waals surface area contributed by atoms with E-state index in [9.17, 15) is 9.59 Å². The first-order chi connectivity index (χ1) is 7.53. The van der Waals surface area contributed by atoms with Crippen molar-refractivity contribution in [2.75, 3.05) is 0 Å². The van der Waals surface area contributed by atoms with Crippen LogP contribution in [0.4, 0.5) is 0 Å². The van der Waals surface area contributed by atoms with Gasteiger partial charge < -0.3 is 0 Å². The van der Waals surface area contributed by atoms with Gasteiger partial charge in [-0.25, -0.2) is 0 Å². The largest absolute Gasteiger partial charge is 0.296 e. The molecular weight excluding hydrogens is 202 g/mol. The molecule has 16 heavy (non-hydrogen) atoms. The number of amides is 2. The van der Waals surface area contributed by atoms with E-state index in [4.69, 9.17) is 0 Å². The van der Waals surface area contributed by atoms with Gasteiger partial charge in [0.25, 0.3) is 0 Å². The van der Waals surface area contributed by atoms with Gasteiger partial charge in [-0.2, -0.15) is 0 Å². The molecule has 0 aliphatic carbocycles. The van der Waals surface area contributed by atoms with Gasteiger partial charge in [0.1, 0.15) is 0 Å². The minimum atomic E-state index is -0.122. The average Bonchev–Trinajstić information content (AvgIpc) is 2.16. The summed E-state index contributed by atoms with van der Waals surface area (Å²) in [5.74, 6) is -0.173. The normalized spacial score (nSPS) is 30.3. The Morgan fingerprint density at radius 3 is 2.56 bits per heavy atom. The van der Waals surface area contributed by atoms with Gasteiger partial charge in [-0.3, -0.25) is 14.9 Å². The van der Waals surface area contributed by atoms with E-state index in [1.165, 1.54) is 12.8 Å². The molecule has 1 N–H and O–H groups in total. The lowest BCUT2D eigenvalue weighted by atomic mass is 9.67. The van der Waals surface area contributed by atoms with E-state index >= 15 is 0 Å². The molecule has 0 aromatic heterocycles. The van der Waals surface area contributed by atoms with Crippen molar-refractivity contribution in [2.45, 2.75) is 59.3 Å². The molecule has 3 heteroatoms. The molecule has 1 heterocycles. The SMILES string of the molecule is CCCCCC1(C)CC(=O)NC(=O)C1CC. The number of imide groups is 1. The van der Waals surface area contributed by atoms with Gasteiger partial charge in [0.2, 0.25) is 11.8 Å². The third-order valence-corrected chi connectivity index (χ3v) is 3.74. The van der Waals surface area contributed by atoms with Crippen LogP contribution < -0.4 is 5.32 Å². The zero-order valence-corrected chi connectivity index (χ0v) is 10.6. The summed E-state index contributed by atoms with van der Waals surface area (Å²) in [6.07, 6.45) is 5.78. The van der Waals surface area contributed by atoms with E-state index in [1.54, 1.807) is 0 Å². The molecule has 0 spiro atoms. The molecule has 1 saturated heterocycles. The van der Waals surface area contributed by atoms with Crippen molar-refractivity contribution in [3.8, 4) is 0 Å². The zero-order valence-electron chi connectivity index (χ0n) is 10.6. The summed E-state index contributed by atoms with van der Waals surface area (Å²) in [6, 6.07) is 0. The number of hydrogen-bond acceptors (Lipinski definition) is 2. The summed E-state index contributed by atoms with van der Waals surface area (Å²) >= 11 is 0.